The minimum absolute atomic E-state index is 0.0147. The van der Waals surface area contributed by atoms with Crippen LogP contribution in [0.4, 0.5) is 5.69 Å². The van der Waals surface area contributed by atoms with Crippen molar-refractivity contribution in [2.75, 3.05) is 26.2 Å². The van der Waals surface area contributed by atoms with Crippen LogP contribution >= 0.6 is 0 Å². The molecule has 0 spiro atoms. The molecule has 0 aliphatic carbocycles. The van der Waals surface area contributed by atoms with Gasteiger partial charge in [-0.1, -0.05) is 30.3 Å². The molecule has 0 amide bonds. The minimum atomic E-state index is -1.03. The van der Waals surface area contributed by atoms with Crippen molar-refractivity contribution in [3.63, 3.8) is 0 Å². The van der Waals surface area contributed by atoms with Crippen molar-refractivity contribution >= 4 is 23.6 Å². The summed E-state index contributed by atoms with van der Waals surface area (Å²) in [4.78, 5) is 40.3. The van der Waals surface area contributed by atoms with Crippen LogP contribution in [0, 0.1) is 11.3 Å². The Morgan fingerprint density at radius 3 is 2.18 bits per heavy atom. The van der Waals surface area contributed by atoms with Crippen molar-refractivity contribution in [1.82, 2.24) is 9.78 Å². The Hall–Kier alpha value is -5.37. The molecule has 1 atom stereocenters. The fourth-order valence-electron chi connectivity index (χ4n) is 4.32. The second-order valence-electron chi connectivity index (χ2n) is 7.98. The van der Waals surface area contributed by atoms with Crippen LogP contribution in [0.3, 0.4) is 0 Å². The molecule has 11 heteroatoms. The molecule has 1 aromatic heterocycles. The molecular weight excluding hydrogens is 490 g/mol. The molecule has 11 nitrogen and oxygen atoms in total. The maximum absolute atomic E-state index is 13.4. The van der Waals surface area contributed by atoms with Gasteiger partial charge < -0.3 is 19.9 Å². The number of rotatable bonds is 6. The predicted octanol–water partition coefficient (Wildman–Crippen LogP) is 2.56. The Bertz CT molecular complexity index is 1500. The van der Waals surface area contributed by atoms with E-state index in [1.807, 2.05) is 0 Å². The molecule has 0 fully saturated rings. The van der Waals surface area contributed by atoms with Gasteiger partial charge in [0.05, 0.1) is 61.4 Å². The topological polar surface area (TPSA) is 150 Å². The van der Waals surface area contributed by atoms with E-state index >= 15 is 0 Å². The van der Waals surface area contributed by atoms with Gasteiger partial charge in [-0.3, -0.25) is 4.90 Å². The molecule has 0 radical (unpaired) electrons. The molecule has 3 aromatic rings. The summed E-state index contributed by atoms with van der Waals surface area (Å²) < 4.78 is 16.5. The van der Waals surface area contributed by atoms with Crippen LogP contribution in [0.2, 0.25) is 0 Å². The Kier molecular flexibility index (Phi) is 7.25. The van der Waals surface area contributed by atoms with Crippen LogP contribution in [-0.4, -0.2) is 49.0 Å². The van der Waals surface area contributed by atoms with Crippen molar-refractivity contribution in [3.8, 4) is 11.8 Å². The maximum atomic E-state index is 13.4. The van der Waals surface area contributed by atoms with Crippen LogP contribution in [0.5, 0.6) is 0 Å². The number of esters is 3. The number of allylic oxidation sites excluding steroid dienone is 1. The third-order valence-electron chi connectivity index (χ3n) is 6.00. The van der Waals surface area contributed by atoms with Crippen LogP contribution < -0.4 is 10.6 Å². The van der Waals surface area contributed by atoms with Crippen LogP contribution in [0.25, 0.3) is 5.69 Å². The van der Waals surface area contributed by atoms with Gasteiger partial charge in [-0.15, -0.1) is 0 Å². The van der Waals surface area contributed by atoms with Crippen molar-refractivity contribution in [2.24, 2.45) is 5.73 Å². The molecule has 0 saturated heterocycles. The first kappa shape index (κ1) is 25.7. The molecule has 192 valence electrons. The first-order valence-electron chi connectivity index (χ1n) is 11.3. The average molecular weight is 514 g/mol. The van der Waals surface area contributed by atoms with E-state index in [-0.39, 0.29) is 33.9 Å². The Morgan fingerprint density at radius 2 is 1.61 bits per heavy atom. The van der Waals surface area contributed by atoms with E-state index in [0.29, 0.717) is 11.3 Å². The number of aromatic nitrogens is 2. The van der Waals surface area contributed by atoms with E-state index in [2.05, 4.69) is 11.2 Å². The summed E-state index contributed by atoms with van der Waals surface area (Å²) in [6.45, 7) is 0. The van der Waals surface area contributed by atoms with Crippen LogP contribution in [0.1, 0.15) is 21.8 Å². The van der Waals surface area contributed by atoms with Gasteiger partial charge in [0.1, 0.15) is 11.5 Å². The standard InChI is InChI=1S/C27H23N5O6/c1-36-25(33)17-10-11-19(31-13-7-12-30-31)20(14-17)32-23(27(35)38-3)22(26(34)37-2)21(18(15-28)24(32)29)16-8-5-4-6-9-16/h4-14,21H,29H2,1-3H3. The van der Waals surface area contributed by atoms with Gasteiger partial charge in [0.25, 0.3) is 0 Å². The number of nitrogens with zero attached hydrogens (tertiary/aromatic N) is 4. The summed E-state index contributed by atoms with van der Waals surface area (Å²) in [7, 11) is 3.54. The lowest BCUT2D eigenvalue weighted by Gasteiger charge is -2.36. The fraction of sp³-hybridized carbons (Fsp3) is 0.148. The van der Waals surface area contributed by atoms with Gasteiger partial charge in [0.15, 0.2) is 0 Å². The number of hydrogen-bond acceptors (Lipinski definition) is 10. The van der Waals surface area contributed by atoms with E-state index in [4.69, 9.17) is 19.9 Å². The maximum Gasteiger partial charge on any atom is 0.355 e. The molecule has 1 aliphatic heterocycles. The van der Waals surface area contributed by atoms with E-state index < -0.39 is 23.8 Å². The second kappa shape index (κ2) is 10.7. The number of ether oxygens (including phenoxy) is 3. The van der Waals surface area contributed by atoms with Gasteiger partial charge in [-0.2, -0.15) is 10.4 Å². The molecule has 2 N–H and O–H groups in total. The lowest BCUT2D eigenvalue weighted by atomic mass is 9.81. The SMILES string of the molecule is COC(=O)C1=C(C(=O)OC)N(c2cc(C(=O)OC)ccc2-n2cccn2)C(N)=C(C#N)C1c1ccccc1. The number of carbonyl (C=O) groups is 3. The summed E-state index contributed by atoms with van der Waals surface area (Å²) in [6, 6.07) is 16.9. The Morgan fingerprint density at radius 1 is 0.921 bits per heavy atom. The summed E-state index contributed by atoms with van der Waals surface area (Å²) in [5.41, 5.74) is 7.35. The highest BCUT2D eigenvalue weighted by molar-refractivity contribution is 6.07. The third kappa shape index (κ3) is 4.35. The monoisotopic (exact) mass is 513 g/mol. The summed E-state index contributed by atoms with van der Waals surface area (Å²) >= 11 is 0. The average Bonchev–Trinajstić information content (AvgIpc) is 3.50. The summed E-state index contributed by atoms with van der Waals surface area (Å²) in [5, 5.41) is 14.5. The highest BCUT2D eigenvalue weighted by atomic mass is 16.5. The number of carbonyl (C=O) groups excluding carboxylic acids is 3. The van der Waals surface area contributed by atoms with Crippen molar-refractivity contribution in [1.29, 1.82) is 5.26 Å². The first-order chi connectivity index (χ1) is 18.4. The van der Waals surface area contributed by atoms with Crippen LogP contribution in [-0.2, 0) is 23.8 Å². The van der Waals surface area contributed by atoms with E-state index in [1.54, 1.807) is 48.7 Å². The molecule has 0 saturated carbocycles. The molecule has 1 aliphatic rings. The van der Waals surface area contributed by atoms with Gasteiger partial charge in [-0.05, 0) is 29.8 Å². The van der Waals surface area contributed by atoms with E-state index in [1.165, 1.54) is 35.0 Å². The number of hydrogen-bond donors (Lipinski definition) is 1. The number of methoxy groups -OCH3 is 3. The molecule has 0 bridgehead atoms. The van der Waals surface area contributed by atoms with Gasteiger partial charge in [0.2, 0.25) is 0 Å². The summed E-state index contributed by atoms with van der Waals surface area (Å²) in [5.74, 6) is -3.62. The first-order valence-corrected chi connectivity index (χ1v) is 11.3. The third-order valence-corrected chi connectivity index (χ3v) is 6.00. The Labute approximate surface area is 217 Å². The van der Waals surface area contributed by atoms with Crippen molar-refractivity contribution in [2.45, 2.75) is 5.92 Å². The van der Waals surface area contributed by atoms with Gasteiger partial charge in [-0.25, -0.2) is 19.1 Å². The van der Waals surface area contributed by atoms with Gasteiger partial charge >= 0.3 is 17.9 Å². The molecule has 2 heterocycles. The molecule has 38 heavy (non-hydrogen) atoms. The number of nitriles is 1. The fourth-order valence-corrected chi connectivity index (χ4v) is 4.32. The molecule has 1 unspecified atom stereocenters. The Balaban J connectivity index is 2.13. The second-order valence-corrected chi connectivity index (χ2v) is 7.98. The number of benzene rings is 2. The zero-order valence-electron chi connectivity index (χ0n) is 20.7. The lowest BCUT2D eigenvalue weighted by Crippen LogP contribution is -2.41. The predicted molar refractivity (Wildman–Crippen MR) is 134 cm³/mol. The molecular formula is C27H23N5O6. The zero-order valence-corrected chi connectivity index (χ0v) is 20.7. The lowest BCUT2D eigenvalue weighted by molar-refractivity contribution is -0.139. The van der Waals surface area contributed by atoms with Gasteiger partial charge in [0, 0.05) is 12.4 Å². The highest BCUT2D eigenvalue weighted by Gasteiger charge is 2.43. The van der Waals surface area contributed by atoms with E-state index in [9.17, 15) is 19.6 Å². The van der Waals surface area contributed by atoms with Crippen LogP contribution in [0.15, 0.2) is 89.7 Å². The number of anilines is 1. The molecule has 4 rings (SSSR count). The quantitative estimate of drug-likeness (QED) is 0.385. The normalized spacial score (nSPS) is 15.1. The smallest absolute Gasteiger partial charge is 0.355 e. The highest BCUT2D eigenvalue weighted by Crippen LogP contribution is 2.44. The molecule has 2 aromatic carbocycles. The van der Waals surface area contributed by atoms with Crippen molar-refractivity contribution < 1.29 is 28.6 Å². The van der Waals surface area contributed by atoms with E-state index in [0.717, 1.165) is 14.2 Å². The zero-order chi connectivity index (χ0) is 27.4. The summed E-state index contributed by atoms with van der Waals surface area (Å²) in [6.07, 6.45) is 3.18. The minimum Gasteiger partial charge on any atom is -0.466 e. The van der Waals surface area contributed by atoms with Crippen molar-refractivity contribution in [3.05, 3.63) is 101 Å². The largest absolute Gasteiger partial charge is 0.466 e. The number of nitrogens with two attached hydrogens (primary N) is 1.